The van der Waals surface area contributed by atoms with Crippen LogP contribution in [0.2, 0.25) is 0 Å². The van der Waals surface area contributed by atoms with Crippen LogP contribution in [0, 0.1) is 16.0 Å². The third-order valence-electron chi connectivity index (χ3n) is 4.18. The Balaban J connectivity index is 2.33. The second kappa shape index (κ2) is 6.72. The van der Waals surface area contributed by atoms with Crippen molar-refractivity contribution in [3.8, 4) is 0 Å². The van der Waals surface area contributed by atoms with E-state index in [-0.39, 0.29) is 22.5 Å². The molecule has 7 nitrogen and oxygen atoms in total. The number of nitrogens with zero attached hydrogens (tertiary/aromatic N) is 2. The van der Waals surface area contributed by atoms with E-state index in [1.807, 2.05) is 6.92 Å². The van der Waals surface area contributed by atoms with Crippen molar-refractivity contribution in [2.75, 3.05) is 13.1 Å². The molecule has 2 N–H and O–H groups in total. The van der Waals surface area contributed by atoms with Gasteiger partial charge >= 0.3 is 0 Å². The van der Waals surface area contributed by atoms with E-state index in [2.05, 4.69) is 0 Å². The maximum atomic E-state index is 12.8. The Bertz CT molecular complexity index is 630. The minimum atomic E-state index is -3.65. The molecule has 1 aliphatic heterocycles. The van der Waals surface area contributed by atoms with Crippen LogP contribution in [-0.4, -0.2) is 36.8 Å². The Kier molecular flexibility index (Phi) is 5.15. The van der Waals surface area contributed by atoms with E-state index in [4.69, 9.17) is 5.73 Å². The van der Waals surface area contributed by atoms with Crippen molar-refractivity contribution in [2.45, 2.75) is 37.1 Å². The monoisotopic (exact) mass is 327 g/mol. The van der Waals surface area contributed by atoms with Gasteiger partial charge in [0.1, 0.15) is 0 Å². The van der Waals surface area contributed by atoms with E-state index < -0.39 is 14.9 Å². The highest BCUT2D eigenvalue weighted by molar-refractivity contribution is 7.89. The predicted molar refractivity (Wildman–Crippen MR) is 82.8 cm³/mol. The molecule has 0 amide bonds. The second-order valence-electron chi connectivity index (χ2n) is 5.63. The SMILES string of the molecule is CC1CCCN(S(=O)(=O)c2ccc([N+](=O)[O-])cc2)C1CCN. The van der Waals surface area contributed by atoms with Crippen molar-refractivity contribution < 1.29 is 13.3 Å². The molecule has 22 heavy (non-hydrogen) atoms. The summed E-state index contributed by atoms with van der Waals surface area (Å²) in [5.74, 6) is 0.255. The Morgan fingerprint density at radius 3 is 2.55 bits per heavy atom. The number of nitro benzene ring substituents is 1. The van der Waals surface area contributed by atoms with Gasteiger partial charge in [0.05, 0.1) is 9.82 Å². The van der Waals surface area contributed by atoms with Crippen molar-refractivity contribution in [2.24, 2.45) is 11.7 Å². The number of piperidine rings is 1. The van der Waals surface area contributed by atoms with Gasteiger partial charge in [0.25, 0.3) is 5.69 Å². The summed E-state index contributed by atoms with van der Waals surface area (Å²) in [6.07, 6.45) is 2.42. The molecule has 1 fully saturated rings. The summed E-state index contributed by atoms with van der Waals surface area (Å²) in [6, 6.07) is 4.92. The van der Waals surface area contributed by atoms with Gasteiger partial charge in [-0.1, -0.05) is 6.92 Å². The highest BCUT2D eigenvalue weighted by Crippen LogP contribution is 2.31. The maximum Gasteiger partial charge on any atom is 0.269 e. The first-order chi connectivity index (χ1) is 10.4. The molecule has 2 unspecified atom stereocenters. The number of hydrogen-bond acceptors (Lipinski definition) is 5. The molecule has 0 aromatic heterocycles. The van der Waals surface area contributed by atoms with Crippen LogP contribution in [0.4, 0.5) is 5.69 Å². The average molecular weight is 327 g/mol. The van der Waals surface area contributed by atoms with Gasteiger partial charge in [0.2, 0.25) is 10.0 Å². The lowest BCUT2D eigenvalue weighted by molar-refractivity contribution is -0.384. The number of rotatable bonds is 5. The van der Waals surface area contributed by atoms with Crippen LogP contribution >= 0.6 is 0 Å². The van der Waals surface area contributed by atoms with Crippen LogP contribution in [0.5, 0.6) is 0 Å². The topological polar surface area (TPSA) is 107 Å². The largest absolute Gasteiger partial charge is 0.330 e. The van der Waals surface area contributed by atoms with Crippen molar-refractivity contribution in [3.63, 3.8) is 0 Å². The van der Waals surface area contributed by atoms with Gasteiger partial charge in [-0.15, -0.1) is 0 Å². The Hall–Kier alpha value is -1.51. The minimum absolute atomic E-state index is 0.0919. The van der Waals surface area contributed by atoms with Gasteiger partial charge in [-0.2, -0.15) is 4.31 Å². The summed E-state index contributed by atoms with van der Waals surface area (Å²) in [7, 11) is -3.65. The summed E-state index contributed by atoms with van der Waals surface area (Å²) < 4.78 is 27.1. The molecule has 1 aromatic rings. The average Bonchev–Trinajstić information content (AvgIpc) is 2.49. The Morgan fingerprint density at radius 1 is 1.36 bits per heavy atom. The molecule has 0 bridgehead atoms. The van der Waals surface area contributed by atoms with Crippen LogP contribution in [0.25, 0.3) is 0 Å². The van der Waals surface area contributed by atoms with Crippen molar-refractivity contribution >= 4 is 15.7 Å². The van der Waals surface area contributed by atoms with Gasteiger partial charge < -0.3 is 5.73 Å². The van der Waals surface area contributed by atoms with Crippen LogP contribution in [-0.2, 0) is 10.0 Å². The Labute approximate surface area is 130 Å². The molecule has 0 saturated carbocycles. The third-order valence-corrected chi connectivity index (χ3v) is 6.12. The smallest absolute Gasteiger partial charge is 0.269 e. The summed E-state index contributed by atoms with van der Waals surface area (Å²) >= 11 is 0. The minimum Gasteiger partial charge on any atom is -0.330 e. The van der Waals surface area contributed by atoms with Gasteiger partial charge in [0, 0.05) is 24.7 Å². The number of nitrogens with two attached hydrogens (primary N) is 1. The molecule has 0 radical (unpaired) electrons. The summed E-state index contributed by atoms with van der Waals surface area (Å²) in [6.45, 7) is 2.94. The van der Waals surface area contributed by atoms with Crippen molar-refractivity contribution in [1.29, 1.82) is 0 Å². The maximum absolute atomic E-state index is 12.8. The zero-order valence-corrected chi connectivity index (χ0v) is 13.3. The molecule has 1 aliphatic rings. The van der Waals surface area contributed by atoms with Crippen LogP contribution in [0.3, 0.4) is 0 Å². The number of nitro groups is 1. The number of non-ortho nitro benzene ring substituents is 1. The first-order valence-corrected chi connectivity index (χ1v) is 8.78. The molecule has 1 heterocycles. The van der Waals surface area contributed by atoms with E-state index in [0.717, 1.165) is 12.8 Å². The fourth-order valence-electron chi connectivity index (χ4n) is 2.98. The lowest BCUT2D eigenvalue weighted by atomic mass is 9.91. The first-order valence-electron chi connectivity index (χ1n) is 7.34. The van der Waals surface area contributed by atoms with E-state index in [1.165, 1.54) is 28.6 Å². The van der Waals surface area contributed by atoms with E-state index >= 15 is 0 Å². The molecular formula is C14H21N3O4S. The Morgan fingerprint density at radius 2 is 2.00 bits per heavy atom. The lowest BCUT2D eigenvalue weighted by Crippen LogP contribution is -2.48. The lowest BCUT2D eigenvalue weighted by Gasteiger charge is -2.38. The van der Waals surface area contributed by atoms with Gasteiger partial charge in [-0.25, -0.2) is 8.42 Å². The highest BCUT2D eigenvalue weighted by atomic mass is 32.2. The molecule has 0 spiro atoms. The molecule has 0 aliphatic carbocycles. The number of benzene rings is 1. The standard InChI is InChI=1S/C14H21N3O4S/c1-11-3-2-10-16(14(11)8-9-15)22(20,21)13-6-4-12(5-7-13)17(18)19/h4-7,11,14H,2-3,8-10,15H2,1H3. The zero-order chi connectivity index (χ0) is 16.3. The first kappa shape index (κ1) is 16.9. The van der Waals surface area contributed by atoms with Crippen molar-refractivity contribution in [3.05, 3.63) is 34.4 Å². The molecule has 2 rings (SSSR count). The van der Waals surface area contributed by atoms with Crippen LogP contribution < -0.4 is 5.73 Å². The molecule has 1 saturated heterocycles. The van der Waals surface area contributed by atoms with Crippen molar-refractivity contribution in [1.82, 2.24) is 4.31 Å². The third kappa shape index (κ3) is 3.29. The zero-order valence-electron chi connectivity index (χ0n) is 12.5. The second-order valence-corrected chi connectivity index (χ2v) is 7.52. The fourth-order valence-corrected chi connectivity index (χ4v) is 4.77. The number of sulfonamides is 1. The quantitative estimate of drug-likeness (QED) is 0.655. The summed E-state index contributed by atoms with van der Waals surface area (Å²) in [5, 5.41) is 10.7. The molecule has 1 aromatic carbocycles. The normalized spacial score (nSPS) is 23.4. The van der Waals surface area contributed by atoms with Crippen LogP contribution in [0.1, 0.15) is 26.2 Å². The summed E-state index contributed by atoms with van der Waals surface area (Å²) in [4.78, 5) is 10.2. The van der Waals surface area contributed by atoms with Gasteiger partial charge in [-0.05, 0) is 43.9 Å². The molecule has 122 valence electrons. The van der Waals surface area contributed by atoms with E-state index in [9.17, 15) is 18.5 Å². The number of hydrogen-bond donors (Lipinski definition) is 1. The molecule has 8 heteroatoms. The highest BCUT2D eigenvalue weighted by Gasteiger charge is 2.36. The molecular weight excluding hydrogens is 306 g/mol. The predicted octanol–water partition coefficient (Wildman–Crippen LogP) is 1.73. The molecule has 2 atom stereocenters. The van der Waals surface area contributed by atoms with Gasteiger partial charge in [-0.3, -0.25) is 10.1 Å². The van der Waals surface area contributed by atoms with E-state index in [1.54, 1.807) is 0 Å². The van der Waals surface area contributed by atoms with E-state index in [0.29, 0.717) is 19.5 Å². The fraction of sp³-hybridized carbons (Fsp3) is 0.571. The van der Waals surface area contributed by atoms with Crippen LogP contribution in [0.15, 0.2) is 29.2 Å². The van der Waals surface area contributed by atoms with Gasteiger partial charge in [0.15, 0.2) is 0 Å². The summed E-state index contributed by atoms with van der Waals surface area (Å²) in [5.41, 5.74) is 5.50.